The van der Waals surface area contributed by atoms with Gasteiger partial charge in [-0.05, 0) is 30.0 Å². The van der Waals surface area contributed by atoms with E-state index >= 15 is 0 Å². The minimum atomic E-state index is -5.85. The van der Waals surface area contributed by atoms with Crippen LogP contribution in [0, 0.1) is 23.3 Å². The first kappa shape index (κ1) is 22.6. The summed E-state index contributed by atoms with van der Waals surface area (Å²) in [5.74, 6) is -12.5. The van der Waals surface area contributed by atoms with Crippen LogP contribution in [-0.4, -0.2) is 26.0 Å². The standard InChI is InChI=1S/C18H16F4O6S/c1-4-8(2)9-5-6-11(10(7-9)18(23)27-3)28-16-12(19)14(21)17(29(24,25)26)15(22)13(16)20/h5-8H,4H2,1-3H3,(H,24,25,26)/p-1. The van der Waals surface area contributed by atoms with Gasteiger partial charge in [0, 0.05) is 0 Å². The van der Waals surface area contributed by atoms with Crippen LogP contribution in [0.5, 0.6) is 11.5 Å². The lowest BCUT2D eigenvalue weighted by atomic mass is 9.96. The van der Waals surface area contributed by atoms with E-state index in [0.717, 1.165) is 13.2 Å². The average molecular weight is 435 g/mol. The van der Waals surface area contributed by atoms with Crippen molar-refractivity contribution in [2.24, 2.45) is 0 Å². The van der Waals surface area contributed by atoms with Gasteiger partial charge in [0.15, 0.2) is 11.6 Å². The lowest BCUT2D eigenvalue weighted by molar-refractivity contribution is 0.0597. The Labute approximate surface area is 163 Å². The third kappa shape index (κ3) is 4.35. The molecule has 0 saturated heterocycles. The third-order valence-corrected chi connectivity index (χ3v) is 5.09. The van der Waals surface area contributed by atoms with Gasteiger partial charge in [-0.3, -0.25) is 0 Å². The van der Waals surface area contributed by atoms with Gasteiger partial charge in [-0.2, -0.15) is 8.78 Å². The first-order valence-corrected chi connectivity index (χ1v) is 9.56. The van der Waals surface area contributed by atoms with Crippen molar-refractivity contribution in [2.75, 3.05) is 7.11 Å². The van der Waals surface area contributed by atoms with Gasteiger partial charge in [0.1, 0.15) is 26.3 Å². The van der Waals surface area contributed by atoms with Crippen LogP contribution in [0.2, 0.25) is 0 Å². The third-order valence-electron chi connectivity index (χ3n) is 4.24. The molecule has 158 valence electrons. The predicted molar refractivity (Wildman–Crippen MR) is 90.8 cm³/mol. The maximum atomic E-state index is 14.2. The van der Waals surface area contributed by atoms with E-state index in [1.54, 1.807) is 0 Å². The molecular weight excluding hydrogens is 420 g/mol. The Balaban J connectivity index is 2.67. The maximum absolute atomic E-state index is 14.2. The predicted octanol–water partition coefficient (Wildman–Crippen LogP) is 4.24. The van der Waals surface area contributed by atoms with Crippen molar-refractivity contribution in [3.05, 3.63) is 52.6 Å². The topological polar surface area (TPSA) is 92.7 Å². The average Bonchev–Trinajstić information content (AvgIpc) is 2.67. The van der Waals surface area contributed by atoms with Crippen LogP contribution < -0.4 is 4.74 Å². The van der Waals surface area contributed by atoms with E-state index in [2.05, 4.69) is 4.74 Å². The van der Waals surface area contributed by atoms with Gasteiger partial charge in [-0.25, -0.2) is 22.0 Å². The zero-order chi connectivity index (χ0) is 22.1. The van der Waals surface area contributed by atoms with E-state index in [4.69, 9.17) is 4.74 Å². The highest BCUT2D eigenvalue weighted by Gasteiger charge is 2.31. The molecule has 0 bridgehead atoms. The van der Waals surface area contributed by atoms with Crippen molar-refractivity contribution < 1.29 is 44.8 Å². The van der Waals surface area contributed by atoms with Crippen LogP contribution in [-0.2, 0) is 14.9 Å². The van der Waals surface area contributed by atoms with E-state index in [1.807, 2.05) is 13.8 Å². The molecule has 0 fully saturated rings. The molecule has 0 radical (unpaired) electrons. The highest BCUT2D eigenvalue weighted by atomic mass is 32.2. The van der Waals surface area contributed by atoms with Gasteiger partial charge in [0.05, 0.1) is 7.11 Å². The molecule has 0 heterocycles. The normalized spacial score (nSPS) is 12.6. The number of benzene rings is 2. The summed E-state index contributed by atoms with van der Waals surface area (Å²) in [6.07, 6.45) is 0.700. The van der Waals surface area contributed by atoms with Crippen LogP contribution in [0.3, 0.4) is 0 Å². The summed E-state index contributed by atoms with van der Waals surface area (Å²) in [5, 5.41) is 0. The molecule has 6 nitrogen and oxygen atoms in total. The fourth-order valence-corrected chi connectivity index (χ4v) is 3.08. The smallest absolute Gasteiger partial charge is 0.341 e. The quantitative estimate of drug-likeness (QED) is 0.292. The summed E-state index contributed by atoms with van der Waals surface area (Å²) in [6.45, 7) is 3.73. The van der Waals surface area contributed by atoms with E-state index in [1.165, 1.54) is 12.1 Å². The highest BCUT2D eigenvalue weighted by molar-refractivity contribution is 7.85. The lowest BCUT2D eigenvalue weighted by Crippen LogP contribution is -2.12. The Morgan fingerprint density at radius 3 is 2.10 bits per heavy atom. The van der Waals surface area contributed by atoms with Crippen molar-refractivity contribution in [3.8, 4) is 11.5 Å². The van der Waals surface area contributed by atoms with Crippen LogP contribution >= 0.6 is 0 Å². The molecule has 29 heavy (non-hydrogen) atoms. The van der Waals surface area contributed by atoms with E-state index < -0.39 is 55.8 Å². The van der Waals surface area contributed by atoms with Crippen molar-refractivity contribution >= 4 is 16.1 Å². The van der Waals surface area contributed by atoms with Gasteiger partial charge in [-0.15, -0.1) is 0 Å². The lowest BCUT2D eigenvalue weighted by Gasteiger charge is -2.17. The molecule has 1 unspecified atom stereocenters. The summed E-state index contributed by atoms with van der Waals surface area (Å²) >= 11 is 0. The summed E-state index contributed by atoms with van der Waals surface area (Å²) in [6, 6.07) is 3.93. The van der Waals surface area contributed by atoms with Crippen molar-refractivity contribution in [1.29, 1.82) is 0 Å². The summed E-state index contributed by atoms with van der Waals surface area (Å²) in [4.78, 5) is 9.71. The zero-order valence-corrected chi connectivity index (χ0v) is 16.2. The second-order valence-corrected chi connectivity index (χ2v) is 7.34. The first-order valence-electron chi connectivity index (χ1n) is 8.15. The number of ether oxygens (including phenoxy) is 2. The number of hydrogen-bond donors (Lipinski definition) is 0. The largest absolute Gasteiger partial charge is 0.744 e. The van der Waals surface area contributed by atoms with Crippen LogP contribution in [0.15, 0.2) is 23.1 Å². The summed E-state index contributed by atoms with van der Waals surface area (Å²) < 4.78 is 98.3. The molecule has 0 N–H and O–H groups in total. The zero-order valence-electron chi connectivity index (χ0n) is 15.4. The van der Waals surface area contributed by atoms with E-state index in [-0.39, 0.29) is 11.5 Å². The van der Waals surface area contributed by atoms with Crippen LogP contribution in [0.4, 0.5) is 17.6 Å². The molecule has 2 aromatic carbocycles. The molecule has 0 amide bonds. The van der Waals surface area contributed by atoms with Crippen molar-refractivity contribution in [1.82, 2.24) is 0 Å². The molecule has 11 heteroatoms. The summed E-state index contributed by atoms with van der Waals surface area (Å²) in [5.41, 5.74) is 0.372. The van der Waals surface area contributed by atoms with Gasteiger partial charge < -0.3 is 14.0 Å². The van der Waals surface area contributed by atoms with E-state index in [0.29, 0.717) is 12.0 Å². The second kappa shape index (κ2) is 8.37. The monoisotopic (exact) mass is 435 g/mol. The van der Waals surface area contributed by atoms with Gasteiger partial charge >= 0.3 is 5.97 Å². The number of esters is 1. The number of halogens is 4. The molecule has 0 aliphatic heterocycles. The molecule has 0 aliphatic carbocycles. The van der Waals surface area contributed by atoms with Crippen LogP contribution in [0.25, 0.3) is 0 Å². The first-order chi connectivity index (χ1) is 13.4. The Morgan fingerprint density at radius 2 is 1.66 bits per heavy atom. The molecule has 2 rings (SSSR count). The number of carbonyl (C=O) groups is 1. The molecular formula is C18H15F4O6S-. The Kier molecular flexibility index (Phi) is 6.53. The summed E-state index contributed by atoms with van der Waals surface area (Å²) in [7, 11) is -4.81. The minimum absolute atomic E-state index is 0.00244. The maximum Gasteiger partial charge on any atom is 0.341 e. The number of rotatable bonds is 6. The molecule has 0 aromatic heterocycles. The Bertz CT molecular complexity index is 1040. The van der Waals surface area contributed by atoms with Gasteiger partial charge in [0.25, 0.3) is 0 Å². The SMILES string of the molecule is CCC(C)c1ccc(Oc2c(F)c(F)c(S(=O)(=O)[O-])c(F)c2F)c(C(=O)OC)c1. The molecule has 0 spiro atoms. The minimum Gasteiger partial charge on any atom is -0.744 e. The molecule has 0 aliphatic rings. The van der Waals surface area contributed by atoms with Gasteiger partial charge in [0.2, 0.25) is 17.4 Å². The fraction of sp³-hybridized carbons (Fsp3) is 0.278. The molecule has 0 saturated carbocycles. The number of methoxy groups -OCH3 is 1. The number of carbonyl (C=O) groups excluding carboxylic acids is 1. The molecule has 1 atom stereocenters. The second-order valence-electron chi connectivity index (χ2n) is 6.03. The number of hydrogen-bond acceptors (Lipinski definition) is 6. The van der Waals surface area contributed by atoms with E-state index in [9.17, 15) is 35.3 Å². The van der Waals surface area contributed by atoms with Crippen LogP contribution in [0.1, 0.15) is 42.1 Å². The Hall–Kier alpha value is -2.66. The Morgan fingerprint density at radius 1 is 1.10 bits per heavy atom. The van der Waals surface area contributed by atoms with Gasteiger partial charge in [-0.1, -0.05) is 19.9 Å². The fourth-order valence-electron chi connectivity index (χ4n) is 2.46. The van der Waals surface area contributed by atoms with Crippen molar-refractivity contribution in [2.45, 2.75) is 31.1 Å². The molecule has 2 aromatic rings. The van der Waals surface area contributed by atoms with Crippen molar-refractivity contribution in [3.63, 3.8) is 0 Å². The highest BCUT2D eigenvalue weighted by Crippen LogP contribution is 2.37.